The highest BCUT2D eigenvalue weighted by atomic mass is 16.2. The lowest BCUT2D eigenvalue weighted by Gasteiger charge is -2.35. The Kier molecular flexibility index (Phi) is 5.63. The standard InChI is InChI=1S/C23H23N5O4/c1-13-6-8-14(9-7-13)25-23(32)28-11-10-16(15-4-2-3-5-17(15)28)26-22(31)21-20(24)18(29)12-19(30)27-21/h2-9,16H,10-12,24H2,1H3,(H,25,32)(H,26,31)(H,27,30). The van der Waals surface area contributed by atoms with Gasteiger partial charge in [0, 0.05) is 12.2 Å². The van der Waals surface area contributed by atoms with Crippen LogP contribution in [0.15, 0.2) is 59.9 Å². The van der Waals surface area contributed by atoms with Crippen molar-refractivity contribution in [2.75, 3.05) is 16.8 Å². The minimum Gasteiger partial charge on any atom is -0.394 e. The van der Waals surface area contributed by atoms with Gasteiger partial charge in [0.05, 0.1) is 18.2 Å². The summed E-state index contributed by atoms with van der Waals surface area (Å²) in [5.74, 6) is -1.79. The van der Waals surface area contributed by atoms with Gasteiger partial charge in [-0.05, 0) is 37.1 Å². The van der Waals surface area contributed by atoms with Gasteiger partial charge in [-0.3, -0.25) is 19.3 Å². The SMILES string of the molecule is Cc1ccc(NC(=O)N2CCC(NC(=O)C3=C(N)C(=O)CC(=O)N3)c3ccccc32)cc1. The zero-order valence-corrected chi connectivity index (χ0v) is 17.5. The molecular weight excluding hydrogens is 410 g/mol. The summed E-state index contributed by atoms with van der Waals surface area (Å²) in [7, 11) is 0. The van der Waals surface area contributed by atoms with Crippen molar-refractivity contribution in [3.05, 3.63) is 71.1 Å². The summed E-state index contributed by atoms with van der Waals surface area (Å²) < 4.78 is 0. The Bertz CT molecular complexity index is 1140. The molecule has 0 radical (unpaired) electrons. The average molecular weight is 433 g/mol. The summed E-state index contributed by atoms with van der Waals surface area (Å²) in [5, 5.41) is 8.10. The second-order valence-electron chi connectivity index (χ2n) is 7.76. The van der Waals surface area contributed by atoms with Crippen molar-refractivity contribution in [2.45, 2.75) is 25.8 Å². The van der Waals surface area contributed by atoms with E-state index in [1.54, 1.807) is 4.90 Å². The van der Waals surface area contributed by atoms with E-state index in [1.807, 2.05) is 55.5 Å². The van der Waals surface area contributed by atoms with Crippen LogP contribution in [0.3, 0.4) is 0 Å². The third-order valence-corrected chi connectivity index (χ3v) is 5.48. The summed E-state index contributed by atoms with van der Waals surface area (Å²) in [6.07, 6.45) is 0.0685. The van der Waals surface area contributed by atoms with E-state index in [9.17, 15) is 19.2 Å². The first-order valence-electron chi connectivity index (χ1n) is 10.2. The van der Waals surface area contributed by atoms with Crippen LogP contribution in [-0.2, 0) is 14.4 Å². The molecule has 4 rings (SSSR count). The van der Waals surface area contributed by atoms with Crippen molar-refractivity contribution in [1.29, 1.82) is 0 Å². The van der Waals surface area contributed by atoms with Crippen LogP contribution in [0.1, 0.15) is 30.0 Å². The van der Waals surface area contributed by atoms with E-state index in [0.29, 0.717) is 24.3 Å². The first-order valence-corrected chi connectivity index (χ1v) is 10.2. The lowest BCUT2D eigenvalue weighted by Crippen LogP contribution is -2.46. The number of nitrogens with two attached hydrogens (primary N) is 1. The largest absolute Gasteiger partial charge is 0.394 e. The van der Waals surface area contributed by atoms with Crippen molar-refractivity contribution in [1.82, 2.24) is 10.6 Å². The Labute approximate surface area is 184 Å². The number of nitrogens with one attached hydrogen (secondary N) is 3. The Morgan fingerprint density at radius 1 is 1.09 bits per heavy atom. The van der Waals surface area contributed by atoms with Crippen molar-refractivity contribution in [3.8, 4) is 0 Å². The molecule has 9 nitrogen and oxygen atoms in total. The quantitative estimate of drug-likeness (QED) is 0.548. The average Bonchev–Trinajstić information content (AvgIpc) is 2.77. The van der Waals surface area contributed by atoms with Crippen LogP contribution in [0, 0.1) is 6.92 Å². The van der Waals surface area contributed by atoms with Crippen molar-refractivity contribution >= 4 is 35.0 Å². The number of nitrogens with zero attached hydrogens (tertiary/aromatic N) is 1. The molecule has 0 saturated heterocycles. The maximum Gasteiger partial charge on any atom is 0.326 e. The lowest BCUT2D eigenvalue weighted by molar-refractivity contribution is -0.129. The number of aryl methyl sites for hydroxylation is 1. The van der Waals surface area contributed by atoms with Crippen molar-refractivity contribution in [3.63, 3.8) is 0 Å². The van der Waals surface area contributed by atoms with Crippen LogP contribution < -0.4 is 26.6 Å². The Morgan fingerprint density at radius 3 is 2.56 bits per heavy atom. The smallest absolute Gasteiger partial charge is 0.326 e. The molecule has 0 aromatic heterocycles. The number of urea groups is 1. The molecule has 9 heteroatoms. The third-order valence-electron chi connectivity index (χ3n) is 5.48. The molecule has 0 spiro atoms. The highest BCUT2D eigenvalue weighted by molar-refractivity contribution is 6.16. The molecule has 0 aliphatic carbocycles. The number of allylic oxidation sites excluding steroid dienone is 1. The molecule has 2 aliphatic rings. The third kappa shape index (κ3) is 4.18. The molecule has 2 aromatic rings. The van der Waals surface area contributed by atoms with Crippen LogP contribution in [0.25, 0.3) is 0 Å². The second kappa shape index (κ2) is 8.54. The number of Topliss-reactive ketones (excluding diaryl/α,β-unsaturated/α-hetero) is 1. The van der Waals surface area contributed by atoms with Gasteiger partial charge >= 0.3 is 6.03 Å². The van der Waals surface area contributed by atoms with Crippen LogP contribution in [-0.4, -0.2) is 30.2 Å². The van der Waals surface area contributed by atoms with E-state index in [-0.39, 0.29) is 23.8 Å². The first kappa shape index (κ1) is 21.1. The summed E-state index contributed by atoms with van der Waals surface area (Å²) in [5.41, 5.74) is 8.43. The Hall–Kier alpha value is -4.14. The summed E-state index contributed by atoms with van der Waals surface area (Å²) in [6, 6.07) is 14.1. The highest BCUT2D eigenvalue weighted by Gasteiger charge is 2.33. The van der Waals surface area contributed by atoms with Crippen molar-refractivity contribution < 1.29 is 19.2 Å². The van der Waals surface area contributed by atoms with Gasteiger partial charge in [-0.15, -0.1) is 0 Å². The number of hydrogen-bond donors (Lipinski definition) is 4. The molecule has 164 valence electrons. The first-order chi connectivity index (χ1) is 15.3. The number of anilines is 2. The lowest BCUT2D eigenvalue weighted by atomic mass is 9.96. The zero-order valence-electron chi connectivity index (χ0n) is 17.5. The molecular formula is C23H23N5O4. The second-order valence-corrected chi connectivity index (χ2v) is 7.76. The van der Waals surface area contributed by atoms with Crippen LogP contribution in [0.4, 0.5) is 16.2 Å². The van der Waals surface area contributed by atoms with E-state index in [0.717, 1.165) is 11.1 Å². The minimum atomic E-state index is -0.638. The number of rotatable bonds is 3. The fourth-order valence-electron chi connectivity index (χ4n) is 3.79. The monoisotopic (exact) mass is 433 g/mol. The molecule has 2 heterocycles. The van der Waals surface area contributed by atoms with E-state index in [4.69, 9.17) is 5.73 Å². The fourth-order valence-corrected chi connectivity index (χ4v) is 3.79. The predicted octanol–water partition coefficient (Wildman–Crippen LogP) is 1.85. The van der Waals surface area contributed by atoms with Gasteiger partial charge < -0.3 is 21.7 Å². The molecule has 2 aliphatic heterocycles. The molecule has 2 aromatic carbocycles. The highest BCUT2D eigenvalue weighted by Crippen LogP contribution is 2.34. The molecule has 0 saturated carbocycles. The number of para-hydroxylation sites is 1. The van der Waals surface area contributed by atoms with Gasteiger partial charge in [-0.1, -0.05) is 35.9 Å². The van der Waals surface area contributed by atoms with Gasteiger partial charge in [-0.2, -0.15) is 0 Å². The van der Waals surface area contributed by atoms with E-state index in [2.05, 4.69) is 16.0 Å². The van der Waals surface area contributed by atoms with Gasteiger partial charge in [0.2, 0.25) is 5.91 Å². The number of hydrogen-bond acceptors (Lipinski definition) is 5. The Balaban J connectivity index is 1.53. The topological polar surface area (TPSA) is 134 Å². The normalized spacial score (nSPS) is 18.0. The number of carbonyl (C=O) groups is 4. The maximum atomic E-state index is 12.9. The Morgan fingerprint density at radius 2 is 1.81 bits per heavy atom. The molecule has 1 atom stereocenters. The van der Waals surface area contributed by atoms with Crippen LogP contribution in [0.2, 0.25) is 0 Å². The molecule has 5 N–H and O–H groups in total. The zero-order chi connectivity index (χ0) is 22.8. The van der Waals surface area contributed by atoms with Gasteiger partial charge in [-0.25, -0.2) is 4.79 Å². The van der Waals surface area contributed by atoms with E-state index >= 15 is 0 Å². The number of amides is 4. The molecule has 0 fully saturated rings. The van der Waals surface area contributed by atoms with Gasteiger partial charge in [0.15, 0.2) is 5.78 Å². The number of benzene rings is 2. The predicted molar refractivity (Wildman–Crippen MR) is 118 cm³/mol. The van der Waals surface area contributed by atoms with E-state index < -0.39 is 23.6 Å². The summed E-state index contributed by atoms with van der Waals surface area (Å²) >= 11 is 0. The molecule has 4 amide bonds. The van der Waals surface area contributed by atoms with Gasteiger partial charge in [0.25, 0.3) is 5.91 Å². The van der Waals surface area contributed by atoms with E-state index in [1.165, 1.54) is 0 Å². The van der Waals surface area contributed by atoms with Crippen LogP contribution in [0.5, 0.6) is 0 Å². The summed E-state index contributed by atoms with van der Waals surface area (Å²) in [6.45, 7) is 2.33. The molecule has 0 bridgehead atoms. The minimum absolute atomic E-state index is 0.233. The molecule has 1 unspecified atom stereocenters. The van der Waals surface area contributed by atoms with Gasteiger partial charge in [0.1, 0.15) is 11.4 Å². The number of fused-ring (bicyclic) bond motifs is 1. The van der Waals surface area contributed by atoms with Crippen molar-refractivity contribution in [2.24, 2.45) is 5.73 Å². The van der Waals surface area contributed by atoms with Crippen LogP contribution >= 0.6 is 0 Å². The summed E-state index contributed by atoms with van der Waals surface area (Å²) in [4.78, 5) is 50.8. The molecule has 32 heavy (non-hydrogen) atoms. The fraction of sp³-hybridized carbons (Fsp3) is 0.217. The number of ketones is 1. The number of carbonyl (C=O) groups excluding carboxylic acids is 4. The maximum absolute atomic E-state index is 12.9.